The van der Waals surface area contributed by atoms with Crippen LogP contribution < -0.4 is 19.3 Å². The van der Waals surface area contributed by atoms with E-state index in [0.29, 0.717) is 31.1 Å². The van der Waals surface area contributed by atoms with Gasteiger partial charge >= 0.3 is 0 Å². The smallest absolute Gasteiger partial charge is 0.269 e. The van der Waals surface area contributed by atoms with Crippen molar-refractivity contribution in [2.24, 2.45) is 0 Å². The van der Waals surface area contributed by atoms with Gasteiger partial charge in [-0.3, -0.25) is 24.7 Å². The fourth-order valence-corrected chi connectivity index (χ4v) is 4.77. The van der Waals surface area contributed by atoms with Gasteiger partial charge in [-0.2, -0.15) is 0 Å². The van der Waals surface area contributed by atoms with Gasteiger partial charge in [0.05, 0.1) is 10.6 Å². The summed E-state index contributed by atoms with van der Waals surface area (Å²) in [5.41, 5.74) is 1.38. The zero-order chi connectivity index (χ0) is 25.8. The molecule has 2 aromatic carbocycles. The second kappa shape index (κ2) is 12.1. The third kappa shape index (κ3) is 5.81. The van der Waals surface area contributed by atoms with Gasteiger partial charge in [0.1, 0.15) is 19.0 Å². The number of para-hydroxylation sites is 1. The van der Waals surface area contributed by atoms with Crippen molar-refractivity contribution in [1.29, 1.82) is 0 Å². The van der Waals surface area contributed by atoms with Crippen molar-refractivity contribution in [1.82, 2.24) is 9.88 Å². The molecule has 3 heterocycles. The number of benzene rings is 2. The van der Waals surface area contributed by atoms with E-state index in [1.165, 1.54) is 24.3 Å². The predicted molar refractivity (Wildman–Crippen MR) is 147 cm³/mol. The Morgan fingerprint density at radius 2 is 1.76 bits per heavy atom. The number of ether oxygens (including phenoxy) is 2. The maximum atomic E-state index is 13.5. The van der Waals surface area contributed by atoms with Crippen LogP contribution in [-0.4, -0.2) is 72.7 Å². The maximum Gasteiger partial charge on any atom is 0.269 e. The lowest BCUT2D eigenvalue weighted by Gasteiger charge is -2.41. The first kappa shape index (κ1) is 27.2. The van der Waals surface area contributed by atoms with Crippen LogP contribution in [0.3, 0.4) is 0 Å². The summed E-state index contributed by atoms with van der Waals surface area (Å²) in [5, 5.41) is 11.0. The van der Waals surface area contributed by atoms with Gasteiger partial charge in [0.25, 0.3) is 11.6 Å². The molecule has 11 heteroatoms. The minimum absolute atomic E-state index is 0. The van der Waals surface area contributed by atoms with Gasteiger partial charge in [-0.15, -0.1) is 12.4 Å². The number of nitro groups is 1. The molecule has 0 N–H and O–H groups in total. The van der Waals surface area contributed by atoms with E-state index in [4.69, 9.17) is 9.47 Å². The van der Waals surface area contributed by atoms with Crippen LogP contribution in [0, 0.1) is 10.1 Å². The summed E-state index contributed by atoms with van der Waals surface area (Å²) in [6.45, 7) is 6.95. The number of pyridine rings is 1. The quantitative estimate of drug-likeness (QED) is 0.327. The van der Waals surface area contributed by atoms with E-state index in [2.05, 4.69) is 27.8 Å². The van der Waals surface area contributed by atoms with Crippen LogP contribution in [0.4, 0.5) is 17.2 Å². The topological polar surface area (TPSA) is 101 Å². The molecule has 1 amide bonds. The first-order valence-electron chi connectivity index (χ1n) is 12.4. The van der Waals surface area contributed by atoms with Gasteiger partial charge in [0, 0.05) is 62.7 Å². The Bertz CT molecular complexity index is 1250. The molecule has 1 fully saturated rings. The molecule has 3 aromatic rings. The lowest BCUT2D eigenvalue weighted by molar-refractivity contribution is -0.384. The highest BCUT2D eigenvalue weighted by molar-refractivity contribution is 6.05. The fourth-order valence-electron chi connectivity index (χ4n) is 4.77. The SMILES string of the molecule is C[C@@H](CN(C(=O)c1ccc([N+](=O)[O-])cc1)c1ccccn1)N1CCN(c2cccc3c2OCCO3)CC1.Cl. The Balaban J connectivity index is 0.00000336. The van der Waals surface area contributed by atoms with Crippen LogP contribution in [0.2, 0.25) is 0 Å². The Labute approximate surface area is 227 Å². The normalized spacial score (nSPS) is 15.8. The molecular weight excluding hydrogens is 510 g/mol. The lowest BCUT2D eigenvalue weighted by Crippen LogP contribution is -2.53. The lowest BCUT2D eigenvalue weighted by atomic mass is 10.1. The van der Waals surface area contributed by atoms with Crippen molar-refractivity contribution in [3.05, 3.63) is 82.5 Å². The van der Waals surface area contributed by atoms with E-state index in [0.717, 1.165) is 43.4 Å². The van der Waals surface area contributed by atoms with Gasteiger partial charge in [0.15, 0.2) is 11.5 Å². The highest BCUT2D eigenvalue weighted by Gasteiger charge is 2.28. The third-order valence-corrected chi connectivity index (χ3v) is 6.77. The van der Waals surface area contributed by atoms with Gasteiger partial charge in [-0.25, -0.2) is 4.98 Å². The molecule has 0 saturated carbocycles. The molecule has 2 aliphatic heterocycles. The summed E-state index contributed by atoms with van der Waals surface area (Å²) in [6.07, 6.45) is 1.65. The molecule has 0 spiro atoms. The molecule has 5 rings (SSSR count). The van der Waals surface area contributed by atoms with Crippen LogP contribution in [-0.2, 0) is 0 Å². The molecular formula is C27H30ClN5O5. The standard InChI is InChI=1S/C27H29N5O5.ClH/c1-20(29-13-15-30(16-14-29)23-5-4-6-24-26(23)37-18-17-36-24)19-31(25-7-2-3-12-28-25)27(33)21-8-10-22(11-9-21)32(34)35;/h2-12,20H,13-19H2,1H3;1H/t20-;/m0./s1. The summed E-state index contributed by atoms with van der Waals surface area (Å²) in [5.74, 6) is 1.90. The number of carbonyl (C=O) groups is 1. The first-order chi connectivity index (χ1) is 18.0. The van der Waals surface area contributed by atoms with Crippen molar-refractivity contribution >= 4 is 35.5 Å². The van der Waals surface area contributed by atoms with Crippen LogP contribution in [0.15, 0.2) is 66.9 Å². The number of hydrogen-bond acceptors (Lipinski definition) is 8. The van der Waals surface area contributed by atoms with Crippen molar-refractivity contribution in [2.45, 2.75) is 13.0 Å². The highest BCUT2D eigenvalue weighted by atomic mass is 35.5. The Morgan fingerprint density at radius 1 is 1.03 bits per heavy atom. The molecule has 0 unspecified atom stereocenters. The van der Waals surface area contributed by atoms with Crippen molar-refractivity contribution < 1.29 is 19.2 Å². The summed E-state index contributed by atoms with van der Waals surface area (Å²) in [6, 6.07) is 17.2. The van der Waals surface area contributed by atoms with Crippen molar-refractivity contribution in [2.75, 3.05) is 55.7 Å². The average molecular weight is 540 g/mol. The number of anilines is 2. The zero-order valence-electron chi connectivity index (χ0n) is 21.1. The maximum absolute atomic E-state index is 13.5. The van der Waals surface area contributed by atoms with Gasteiger partial charge in [0.2, 0.25) is 0 Å². The molecule has 38 heavy (non-hydrogen) atoms. The van der Waals surface area contributed by atoms with Crippen molar-refractivity contribution in [3.63, 3.8) is 0 Å². The monoisotopic (exact) mass is 539 g/mol. The van der Waals surface area contributed by atoms with E-state index in [9.17, 15) is 14.9 Å². The minimum Gasteiger partial charge on any atom is -0.486 e. The number of halogens is 1. The fraction of sp³-hybridized carbons (Fsp3) is 0.333. The number of hydrogen-bond donors (Lipinski definition) is 0. The first-order valence-corrected chi connectivity index (χ1v) is 12.4. The van der Waals surface area contributed by atoms with E-state index < -0.39 is 4.92 Å². The molecule has 1 saturated heterocycles. The van der Waals surface area contributed by atoms with E-state index in [1.807, 2.05) is 18.2 Å². The van der Waals surface area contributed by atoms with Crippen molar-refractivity contribution in [3.8, 4) is 11.5 Å². The van der Waals surface area contributed by atoms with E-state index in [-0.39, 0.29) is 30.0 Å². The molecule has 0 bridgehead atoms. The number of rotatable bonds is 7. The molecule has 2 aliphatic rings. The number of piperazine rings is 1. The molecule has 0 radical (unpaired) electrons. The summed E-state index contributed by atoms with van der Waals surface area (Å²) in [7, 11) is 0. The molecule has 0 aliphatic carbocycles. The van der Waals surface area contributed by atoms with Crippen LogP contribution in [0.25, 0.3) is 0 Å². The third-order valence-electron chi connectivity index (χ3n) is 6.77. The minimum atomic E-state index is -0.475. The number of nitro benzene ring substituents is 1. The second-order valence-electron chi connectivity index (χ2n) is 9.08. The highest BCUT2D eigenvalue weighted by Crippen LogP contribution is 2.39. The Kier molecular flexibility index (Phi) is 8.65. The summed E-state index contributed by atoms with van der Waals surface area (Å²) < 4.78 is 11.6. The number of aromatic nitrogens is 1. The number of nitrogens with zero attached hydrogens (tertiary/aromatic N) is 5. The van der Waals surface area contributed by atoms with Gasteiger partial charge < -0.3 is 14.4 Å². The van der Waals surface area contributed by atoms with Gasteiger partial charge in [-0.1, -0.05) is 12.1 Å². The summed E-state index contributed by atoms with van der Waals surface area (Å²) >= 11 is 0. The predicted octanol–water partition coefficient (Wildman–Crippen LogP) is 4.04. The number of amides is 1. The molecule has 1 atom stereocenters. The second-order valence-corrected chi connectivity index (χ2v) is 9.08. The zero-order valence-corrected chi connectivity index (χ0v) is 21.9. The molecule has 1 aromatic heterocycles. The largest absolute Gasteiger partial charge is 0.486 e. The van der Waals surface area contributed by atoms with E-state index >= 15 is 0 Å². The Morgan fingerprint density at radius 3 is 2.45 bits per heavy atom. The molecule has 10 nitrogen and oxygen atoms in total. The molecule has 200 valence electrons. The number of carbonyl (C=O) groups excluding carboxylic acids is 1. The summed E-state index contributed by atoms with van der Waals surface area (Å²) in [4.78, 5) is 34.8. The van der Waals surface area contributed by atoms with Gasteiger partial charge in [-0.05, 0) is 43.3 Å². The van der Waals surface area contributed by atoms with Crippen LogP contribution >= 0.6 is 12.4 Å². The number of non-ortho nitro benzene ring substituents is 1. The van der Waals surface area contributed by atoms with E-state index in [1.54, 1.807) is 23.2 Å². The Hall–Kier alpha value is -3.89. The number of fused-ring (bicyclic) bond motifs is 1. The van der Waals surface area contributed by atoms with Crippen LogP contribution in [0.5, 0.6) is 11.5 Å². The van der Waals surface area contributed by atoms with Crippen LogP contribution in [0.1, 0.15) is 17.3 Å². The average Bonchev–Trinajstić information content (AvgIpc) is 2.95.